The third-order valence-corrected chi connectivity index (χ3v) is 2.34. The minimum absolute atomic E-state index is 0.130. The highest BCUT2D eigenvalue weighted by Gasteiger charge is 2.04. The van der Waals surface area contributed by atoms with Gasteiger partial charge in [-0.2, -0.15) is 0 Å². The van der Waals surface area contributed by atoms with Crippen LogP contribution in [0, 0.1) is 20.4 Å². The number of hydrogen-bond donors (Lipinski definition) is 0. The Morgan fingerprint density at radius 1 is 0.905 bits per heavy atom. The van der Waals surface area contributed by atoms with Gasteiger partial charge in [0.05, 0.1) is 4.92 Å². The first-order valence-electron chi connectivity index (χ1n) is 5.56. The molecule has 0 aliphatic rings. The van der Waals surface area contributed by atoms with E-state index < -0.39 is 10.2 Å². The van der Waals surface area contributed by atoms with Crippen LogP contribution in [0.5, 0.6) is 0 Å². The van der Waals surface area contributed by atoms with Crippen molar-refractivity contribution < 1.29 is 38.8 Å². The lowest BCUT2D eigenvalue weighted by Gasteiger charge is -2.17. The summed E-state index contributed by atoms with van der Waals surface area (Å²) in [4.78, 5) is 13.0. The average molecular weight is 315 g/mol. The summed E-state index contributed by atoms with van der Waals surface area (Å²) in [7, 11) is -4.94. The zero-order chi connectivity index (χ0) is 15.9. The fraction of sp³-hybridized carbons (Fsp3) is 0.0833. The number of nitrogens with one attached hydrogen (secondary N) is 1. The van der Waals surface area contributed by atoms with Gasteiger partial charge in [-0.15, -0.1) is 10.2 Å². The first kappa shape index (κ1) is 17.0. The normalized spacial score (nSPS) is 10.5. The molecule has 1 heterocycles. The number of aromatic nitrogens is 1. The van der Waals surface area contributed by atoms with Crippen LogP contribution in [0.25, 0.3) is 0 Å². The summed E-state index contributed by atoms with van der Waals surface area (Å²) in [5.74, 6) is 0. The minimum Gasteiger partial charge on any atom is -0.258 e. The predicted molar refractivity (Wildman–Crippen MR) is 58.9 cm³/mol. The topological polar surface area (TPSA) is 150 Å². The quantitative estimate of drug-likeness (QED) is 0.442. The highest BCUT2D eigenvalue weighted by atomic mass is 35.7. The largest absolute Gasteiger partial charge is 0.269 e. The molecular weight excluding hydrogens is 304 g/mol. The van der Waals surface area contributed by atoms with Crippen LogP contribution in [0.3, 0.4) is 0 Å². The van der Waals surface area contributed by atoms with Gasteiger partial charge in [0.2, 0.25) is 0 Å². The molecule has 0 spiro atoms. The number of benzene rings is 1. The van der Waals surface area contributed by atoms with Crippen molar-refractivity contribution in [2.24, 2.45) is 0 Å². The van der Waals surface area contributed by atoms with Gasteiger partial charge in [-0.1, -0.05) is 12.1 Å². The summed E-state index contributed by atoms with van der Waals surface area (Å²) in [6, 6.07) is 10.6. The average Bonchev–Trinajstić information content (AvgIpc) is 2.38. The Bertz CT molecular complexity index is 565. The van der Waals surface area contributed by atoms with Crippen molar-refractivity contribution >= 4 is 5.69 Å². The number of nitrogens with zero attached hydrogens (tertiary/aromatic N) is 1. The van der Waals surface area contributed by atoms with Gasteiger partial charge >= 0.3 is 0 Å². The van der Waals surface area contributed by atoms with Crippen LogP contribution in [0.4, 0.5) is 5.69 Å². The van der Waals surface area contributed by atoms with Gasteiger partial charge < -0.3 is 0 Å². The zero-order valence-corrected chi connectivity index (χ0v) is 11.4. The van der Waals surface area contributed by atoms with Crippen LogP contribution >= 0.6 is 0 Å². The second kappa shape index (κ2) is 7.62. The molecule has 0 aliphatic carbocycles. The van der Waals surface area contributed by atoms with E-state index in [0.717, 1.165) is 12.0 Å². The van der Waals surface area contributed by atoms with Crippen molar-refractivity contribution in [3.8, 4) is 0 Å². The number of H-pyrrole nitrogens is 1. The summed E-state index contributed by atoms with van der Waals surface area (Å²) in [5, 5.41) is 10.5. The maximum Gasteiger partial charge on any atom is 0.269 e. The maximum absolute atomic E-state index is 10.5. The van der Waals surface area contributed by atoms with Crippen molar-refractivity contribution in [1.82, 2.24) is 0 Å². The van der Waals surface area contributed by atoms with Crippen molar-refractivity contribution in [2.45, 2.75) is 6.42 Å². The number of pyridine rings is 1. The van der Waals surface area contributed by atoms with Gasteiger partial charge in [0, 0.05) is 24.3 Å². The number of non-ortho nitro benzene ring substituents is 1. The summed E-state index contributed by atoms with van der Waals surface area (Å²) in [5.41, 5.74) is 2.37. The Hall–Kier alpha value is -2.10. The van der Waals surface area contributed by atoms with Gasteiger partial charge in [0.1, 0.15) is 0 Å². The van der Waals surface area contributed by atoms with Crippen LogP contribution in [-0.2, 0) is 6.42 Å². The molecule has 0 aliphatic heterocycles. The fourth-order valence-electron chi connectivity index (χ4n) is 1.51. The number of hydrogen-bond acceptors (Lipinski definition) is 6. The summed E-state index contributed by atoms with van der Waals surface area (Å²) < 4.78 is 34.0. The molecule has 0 bridgehead atoms. The molecule has 0 fully saturated rings. The lowest BCUT2D eigenvalue weighted by molar-refractivity contribution is -2.00. The third-order valence-electron chi connectivity index (χ3n) is 2.34. The van der Waals surface area contributed by atoms with Crippen LogP contribution in [0.2, 0.25) is 0 Å². The second-order valence-corrected chi connectivity index (χ2v) is 4.64. The number of nitro groups is 1. The number of rotatable bonds is 3. The lowest BCUT2D eigenvalue weighted by atomic mass is 10.1. The molecule has 9 heteroatoms. The molecule has 1 N–H and O–H groups in total. The molecule has 8 nitrogen and oxygen atoms in total. The molecular formula is C12H11ClN2O6. The SMILES string of the molecule is O=[N+]([O-])c1ccc(Cc2cc[nH+]cc2)cc1.[O-][Cl+3]([O-])([O-])[O-]. The number of aromatic amines is 1. The van der Waals surface area contributed by atoms with E-state index >= 15 is 0 Å². The van der Waals surface area contributed by atoms with Crippen molar-refractivity contribution in [3.05, 3.63) is 70.0 Å². The Labute approximate surface area is 121 Å². The summed E-state index contributed by atoms with van der Waals surface area (Å²) >= 11 is 0. The van der Waals surface area contributed by atoms with E-state index in [1.807, 2.05) is 24.5 Å². The lowest BCUT2D eigenvalue weighted by Crippen LogP contribution is -2.68. The first-order valence-corrected chi connectivity index (χ1v) is 6.79. The van der Waals surface area contributed by atoms with E-state index in [1.165, 1.54) is 17.7 Å². The molecule has 1 aromatic heterocycles. The van der Waals surface area contributed by atoms with Crippen LogP contribution < -0.4 is 23.6 Å². The molecule has 0 amide bonds. The standard InChI is InChI=1S/C12H10N2O2.ClHO4/c15-14(16)12-3-1-10(2-4-12)9-11-5-7-13-8-6-11;2-1(3,4)5/h1-8H,9H2;(H,2,3,4,5). The van der Waals surface area contributed by atoms with E-state index in [0.29, 0.717) is 0 Å². The molecule has 112 valence electrons. The Balaban J connectivity index is 0.000000383. The van der Waals surface area contributed by atoms with Crippen LogP contribution in [-0.4, -0.2) is 4.92 Å². The Morgan fingerprint density at radius 2 is 1.33 bits per heavy atom. The van der Waals surface area contributed by atoms with Gasteiger partial charge in [0.25, 0.3) is 5.69 Å². The zero-order valence-electron chi connectivity index (χ0n) is 10.6. The summed E-state index contributed by atoms with van der Waals surface area (Å²) in [6.07, 6.45) is 4.51. The van der Waals surface area contributed by atoms with Crippen molar-refractivity contribution in [1.29, 1.82) is 0 Å². The molecule has 0 unspecified atom stereocenters. The van der Waals surface area contributed by atoms with E-state index in [4.69, 9.17) is 18.6 Å². The van der Waals surface area contributed by atoms with Crippen molar-refractivity contribution in [2.75, 3.05) is 0 Å². The van der Waals surface area contributed by atoms with Crippen molar-refractivity contribution in [3.63, 3.8) is 0 Å². The number of nitro benzene ring substituents is 1. The maximum atomic E-state index is 10.5. The Morgan fingerprint density at radius 3 is 1.76 bits per heavy atom. The second-order valence-electron chi connectivity index (χ2n) is 3.89. The molecule has 0 saturated carbocycles. The molecule has 2 aromatic rings. The monoisotopic (exact) mass is 314 g/mol. The molecule has 0 saturated heterocycles. The smallest absolute Gasteiger partial charge is 0.258 e. The van der Waals surface area contributed by atoms with E-state index in [2.05, 4.69) is 4.98 Å². The van der Waals surface area contributed by atoms with E-state index in [1.54, 1.807) is 12.1 Å². The molecule has 2 rings (SSSR count). The van der Waals surface area contributed by atoms with Gasteiger partial charge in [0.15, 0.2) is 12.4 Å². The fourth-order valence-corrected chi connectivity index (χ4v) is 1.51. The van der Waals surface area contributed by atoms with Gasteiger partial charge in [-0.3, -0.25) is 10.1 Å². The van der Waals surface area contributed by atoms with Crippen LogP contribution in [0.15, 0.2) is 48.8 Å². The highest BCUT2D eigenvalue weighted by Crippen LogP contribution is 2.14. The highest BCUT2D eigenvalue weighted by molar-refractivity contribution is 5.34. The Kier molecular flexibility index (Phi) is 6.15. The minimum atomic E-state index is -4.94. The molecule has 21 heavy (non-hydrogen) atoms. The molecule has 0 atom stereocenters. The molecule has 1 aromatic carbocycles. The van der Waals surface area contributed by atoms with Crippen LogP contribution in [0.1, 0.15) is 11.1 Å². The summed E-state index contributed by atoms with van der Waals surface area (Å²) in [6.45, 7) is 0. The first-order chi connectivity index (χ1) is 9.75. The number of halogens is 1. The van der Waals surface area contributed by atoms with E-state index in [9.17, 15) is 10.1 Å². The molecule has 0 radical (unpaired) electrons. The predicted octanol–water partition coefficient (Wildman–Crippen LogP) is -2.76. The van der Waals surface area contributed by atoms with E-state index in [-0.39, 0.29) is 10.6 Å². The third kappa shape index (κ3) is 7.92. The van der Waals surface area contributed by atoms with Gasteiger partial charge in [-0.25, -0.2) is 23.6 Å². The van der Waals surface area contributed by atoms with Gasteiger partial charge in [-0.05, 0) is 17.5 Å².